The molecule has 0 saturated heterocycles. The number of anilines is 2. The molecule has 4 rings (SSSR count). The number of hydrogen-bond acceptors (Lipinski definition) is 8. The number of ketones is 1. The number of carbonyl (C=O) groups is 2. The number of thiazole rings is 1. The van der Waals surface area contributed by atoms with Gasteiger partial charge in [0.05, 0.1) is 30.5 Å². The average Bonchev–Trinajstić information content (AvgIpc) is 3.50. The van der Waals surface area contributed by atoms with E-state index in [-0.39, 0.29) is 24.1 Å². The van der Waals surface area contributed by atoms with Crippen LogP contribution in [-0.4, -0.2) is 76.3 Å². The van der Waals surface area contributed by atoms with Gasteiger partial charge in [-0.15, -0.1) is 11.3 Å². The monoisotopic (exact) mass is 506 g/mol. The van der Waals surface area contributed by atoms with Crippen LogP contribution in [0.1, 0.15) is 31.8 Å². The van der Waals surface area contributed by atoms with Gasteiger partial charge in [0.15, 0.2) is 11.5 Å². The van der Waals surface area contributed by atoms with Gasteiger partial charge in [0.1, 0.15) is 10.8 Å². The molecule has 0 atom stereocenters. The van der Waals surface area contributed by atoms with Crippen LogP contribution in [0.4, 0.5) is 11.4 Å². The minimum Gasteiger partial charge on any atom is -0.494 e. The molecule has 9 nitrogen and oxygen atoms in total. The Bertz CT molecular complexity index is 1330. The second-order valence-electron chi connectivity index (χ2n) is 8.94. The van der Waals surface area contributed by atoms with Crippen molar-refractivity contribution in [1.29, 1.82) is 5.41 Å². The molecule has 3 aromatic rings. The summed E-state index contributed by atoms with van der Waals surface area (Å²) in [7, 11) is 10.7. The highest BCUT2D eigenvalue weighted by Crippen LogP contribution is 2.40. The molecule has 1 aliphatic heterocycles. The first kappa shape index (κ1) is 25.2. The summed E-state index contributed by atoms with van der Waals surface area (Å²) in [4.78, 5) is 35.9. The molecule has 2 heterocycles. The minimum absolute atomic E-state index is 0.0383. The van der Waals surface area contributed by atoms with Crippen LogP contribution in [0.2, 0.25) is 0 Å². The molecule has 36 heavy (non-hydrogen) atoms. The summed E-state index contributed by atoms with van der Waals surface area (Å²) >= 11 is 1.48. The van der Waals surface area contributed by atoms with E-state index in [9.17, 15) is 9.59 Å². The average molecular weight is 507 g/mol. The first-order valence-electron chi connectivity index (χ1n) is 11.4. The molecule has 0 fully saturated rings. The number of amides is 1. The van der Waals surface area contributed by atoms with Crippen molar-refractivity contribution in [2.75, 3.05) is 58.7 Å². The number of benzene rings is 2. The topological polar surface area (TPSA) is 102 Å². The molecule has 0 aliphatic carbocycles. The van der Waals surface area contributed by atoms with Crippen LogP contribution in [0, 0.1) is 5.41 Å². The number of nitrogens with zero attached hydrogens (tertiary/aromatic N) is 4. The standard InChI is InChI=1S/C26H30N6O3S/c1-28-25(34)18-12-17-16(11-20(18)30(2)3)13-32(24(17)27)14-22(33)15-9-19(26-29-7-8-36-26)23(35-6)21(10-15)31(4)5/h7-12,27H,13-14H2,1-6H3,(H,28,34). The van der Waals surface area contributed by atoms with Gasteiger partial charge in [-0.2, -0.15) is 0 Å². The Morgan fingerprint density at radius 1 is 1.11 bits per heavy atom. The molecule has 0 bridgehead atoms. The van der Waals surface area contributed by atoms with Crippen molar-refractivity contribution in [2.45, 2.75) is 6.54 Å². The number of carbonyl (C=O) groups excluding carboxylic acids is 2. The molecule has 2 aromatic carbocycles. The van der Waals surface area contributed by atoms with Crippen LogP contribution in [0.3, 0.4) is 0 Å². The maximum atomic E-state index is 13.5. The van der Waals surface area contributed by atoms with Crippen LogP contribution in [0.5, 0.6) is 5.75 Å². The normalized spacial score (nSPS) is 12.4. The Hall–Kier alpha value is -3.92. The zero-order valence-corrected chi connectivity index (χ0v) is 22.1. The van der Waals surface area contributed by atoms with Crippen LogP contribution in [-0.2, 0) is 6.54 Å². The van der Waals surface area contributed by atoms with Crippen molar-refractivity contribution in [3.8, 4) is 16.3 Å². The molecule has 0 unspecified atom stereocenters. The molecule has 2 N–H and O–H groups in total. The first-order chi connectivity index (χ1) is 17.2. The van der Waals surface area contributed by atoms with Gasteiger partial charge in [-0.3, -0.25) is 15.0 Å². The molecule has 10 heteroatoms. The van der Waals surface area contributed by atoms with Crippen molar-refractivity contribution < 1.29 is 14.3 Å². The Morgan fingerprint density at radius 3 is 2.42 bits per heavy atom. The number of Topliss-reactive ketones (excluding diaryl/α,β-unsaturated/α-hetero) is 1. The number of ether oxygens (including phenoxy) is 1. The van der Waals surface area contributed by atoms with Crippen LogP contribution < -0.4 is 19.9 Å². The quantitative estimate of drug-likeness (QED) is 0.452. The van der Waals surface area contributed by atoms with Crippen molar-refractivity contribution in [3.05, 3.63) is 58.1 Å². The molecular weight excluding hydrogens is 476 g/mol. The van der Waals surface area contributed by atoms with Gasteiger partial charge in [-0.1, -0.05) is 0 Å². The minimum atomic E-state index is -0.215. The van der Waals surface area contributed by atoms with E-state index in [2.05, 4.69) is 10.3 Å². The molecular formula is C26H30N6O3S. The van der Waals surface area contributed by atoms with E-state index >= 15 is 0 Å². The summed E-state index contributed by atoms with van der Waals surface area (Å²) in [5.74, 6) is 0.560. The van der Waals surface area contributed by atoms with Gasteiger partial charge in [-0.05, 0) is 29.8 Å². The van der Waals surface area contributed by atoms with Gasteiger partial charge < -0.3 is 24.8 Å². The molecule has 0 radical (unpaired) electrons. The Morgan fingerprint density at radius 2 is 1.83 bits per heavy atom. The maximum Gasteiger partial charge on any atom is 0.253 e. The van der Waals surface area contributed by atoms with Gasteiger partial charge in [0, 0.05) is 70.2 Å². The fraction of sp³-hybridized carbons (Fsp3) is 0.308. The predicted molar refractivity (Wildman–Crippen MR) is 144 cm³/mol. The predicted octanol–water partition coefficient (Wildman–Crippen LogP) is 3.33. The fourth-order valence-corrected chi connectivity index (χ4v) is 5.01. The third kappa shape index (κ3) is 4.51. The lowest BCUT2D eigenvalue weighted by molar-refractivity contribution is 0.0955. The second-order valence-corrected chi connectivity index (χ2v) is 9.83. The van der Waals surface area contributed by atoms with E-state index in [0.29, 0.717) is 29.0 Å². The zero-order valence-electron chi connectivity index (χ0n) is 21.3. The smallest absolute Gasteiger partial charge is 0.253 e. The molecule has 0 spiro atoms. The Kier molecular flexibility index (Phi) is 6.98. The molecule has 1 amide bonds. The van der Waals surface area contributed by atoms with Crippen LogP contribution in [0.25, 0.3) is 10.6 Å². The maximum absolute atomic E-state index is 13.5. The van der Waals surface area contributed by atoms with E-state index < -0.39 is 0 Å². The molecule has 188 valence electrons. The first-order valence-corrected chi connectivity index (χ1v) is 12.3. The summed E-state index contributed by atoms with van der Waals surface area (Å²) in [6, 6.07) is 7.30. The van der Waals surface area contributed by atoms with E-state index in [1.807, 2.05) is 61.6 Å². The highest BCUT2D eigenvalue weighted by atomic mass is 32.1. The van der Waals surface area contributed by atoms with E-state index in [1.165, 1.54) is 11.3 Å². The summed E-state index contributed by atoms with van der Waals surface area (Å²) in [6.07, 6.45) is 1.72. The molecule has 1 aliphatic rings. The van der Waals surface area contributed by atoms with E-state index in [4.69, 9.17) is 10.1 Å². The highest BCUT2D eigenvalue weighted by molar-refractivity contribution is 7.13. The van der Waals surface area contributed by atoms with Gasteiger partial charge >= 0.3 is 0 Å². The number of aromatic nitrogens is 1. The second kappa shape index (κ2) is 9.98. The number of methoxy groups -OCH3 is 1. The van der Waals surface area contributed by atoms with Crippen LogP contribution >= 0.6 is 11.3 Å². The third-order valence-corrected chi connectivity index (χ3v) is 6.99. The Balaban J connectivity index is 1.67. The van der Waals surface area contributed by atoms with Crippen molar-refractivity contribution in [3.63, 3.8) is 0 Å². The lowest BCUT2D eigenvalue weighted by Crippen LogP contribution is -2.30. The third-order valence-electron chi connectivity index (χ3n) is 6.18. The molecule has 1 aromatic heterocycles. The Labute approximate surface area is 214 Å². The largest absolute Gasteiger partial charge is 0.494 e. The van der Waals surface area contributed by atoms with E-state index in [0.717, 1.165) is 27.5 Å². The number of hydrogen-bond donors (Lipinski definition) is 2. The van der Waals surface area contributed by atoms with E-state index in [1.54, 1.807) is 31.3 Å². The fourth-order valence-electron chi connectivity index (χ4n) is 4.36. The van der Waals surface area contributed by atoms with Crippen LogP contribution in [0.15, 0.2) is 35.8 Å². The number of fused-ring (bicyclic) bond motifs is 1. The van der Waals surface area contributed by atoms with Crippen molar-refractivity contribution in [1.82, 2.24) is 15.2 Å². The summed E-state index contributed by atoms with van der Waals surface area (Å²) < 4.78 is 5.69. The number of amidine groups is 1. The SMILES string of the molecule is CNC(=O)c1cc2c(cc1N(C)C)CN(CC(=O)c1cc(-c3nccs3)c(OC)c(N(C)C)c1)C2=N. The summed E-state index contributed by atoms with van der Waals surface area (Å²) in [6.45, 7) is 0.460. The number of nitrogens with one attached hydrogen (secondary N) is 2. The summed E-state index contributed by atoms with van der Waals surface area (Å²) in [5, 5.41) is 14.1. The summed E-state index contributed by atoms with van der Waals surface area (Å²) in [5.41, 5.74) is 4.90. The van der Waals surface area contributed by atoms with Gasteiger partial charge in [0.2, 0.25) is 0 Å². The van der Waals surface area contributed by atoms with Gasteiger partial charge in [0.25, 0.3) is 5.91 Å². The van der Waals surface area contributed by atoms with Gasteiger partial charge in [-0.25, -0.2) is 4.98 Å². The van der Waals surface area contributed by atoms with Crippen molar-refractivity contribution in [2.24, 2.45) is 0 Å². The highest BCUT2D eigenvalue weighted by Gasteiger charge is 2.30. The lowest BCUT2D eigenvalue weighted by atomic mass is 10.0. The number of rotatable bonds is 8. The lowest BCUT2D eigenvalue weighted by Gasteiger charge is -2.21. The molecule has 0 saturated carbocycles. The zero-order chi connectivity index (χ0) is 26.1. The van der Waals surface area contributed by atoms with Crippen molar-refractivity contribution >= 4 is 40.2 Å².